The van der Waals surface area contributed by atoms with Crippen molar-refractivity contribution in [1.82, 2.24) is 4.90 Å². The van der Waals surface area contributed by atoms with Gasteiger partial charge in [-0.3, -0.25) is 9.10 Å². The molecule has 0 aliphatic carbocycles. The molecule has 6 nitrogen and oxygen atoms in total. The fourth-order valence-corrected chi connectivity index (χ4v) is 5.37. The number of nitrogens with zero attached hydrogens (tertiary/aromatic N) is 2. The van der Waals surface area contributed by atoms with Crippen LogP contribution in [0, 0.1) is 5.92 Å². The molecule has 2 aliphatic heterocycles. The van der Waals surface area contributed by atoms with E-state index in [0.29, 0.717) is 30.4 Å². The molecule has 2 aromatic carbocycles. The van der Waals surface area contributed by atoms with E-state index in [2.05, 4.69) is 6.92 Å². The van der Waals surface area contributed by atoms with Gasteiger partial charge in [-0.05, 0) is 43.0 Å². The zero-order valence-electron chi connectivity index (χ0n) is 15.8. The lowest BCUT2D eigenvalue weighted by Gasteiger charge is -2.38. The van der Waals surface area contributed by atoms with E-state index in [0.717, 1.165) is 12.8 Å². The van der Waals surface area contributed by atoms with E-state index in [9.17, 15) is 13.2 Å². The van der Waals surface area contributed by atoms with Crippen LogP contribution in [0.5, 0.6) is 5.75 Å². The van der Waals surface area contributed by atoms with Crippen LogP contribution in [0.2, 0.25) is 0 Å². The average Bonchev–Trinajstić information content (AvgIpc) is 2.73. The fraction of sp³-hybridized carbons (Fsp3) is 0.381. The highest BCUT2D eigenvalue weighted by atomic mass is 32.2. The molecule has 0 N–H and O–H groups in total. The second-order valence-corrected chi connectivity index (χ2v) is 9.32. The first kappa shape index (κ1) is 18.8. The smallest absolute Gasteiger partial charge is 0.265 e. The number of benzene rings is 2. The molecule has 7 heteroatoms. The fourth-order valence-electron chi connectivity index (χ4n) is 3.87. The molecule has 0 aromatic heterocycles. The second-order valence-electron chi connectivity index (χ2n) is 7.46. The summed E-state index contributed by atoms with van der Waals surface area (Å²) < 4.78 is 33.8. The van der Waals surface area contributed by atoms with Crippen LogP contribution in [0.25, 0.3) is 0 Å². The number of carbonyl (C=O) groups excluding carboxylic acids is 1. The van der Waals surface area contributed by atoms with Gasteiger partial charge in [0.15, 0.2) is 6.10 Å². The van der Waals surface area contributed by atoms with Crippen molar-refractivity contribution in [1.29, 1.82) is 0 Å². The summed E-state index contributed by atoms with van der Waals surface area (Å²) in [7, 11) is -3.80. The zero-order chi connectivity index (χ0) is 19.7. The van der Waals surface area contributed by atoms with Crippen molar-refractivity contribution < 1.29 is 17.9 Å². The lowest BCUT2D eigenvalue weighted by atomic mass is 10.00. The van der Waals surface area contributed by atoms with Crippen molar-refractivity contribution in [2.24, 2.45) is 5.92 Å². The Labute approximate surface area is 165 Å². The van der Waals surface area contributed by atoms with Crippen molar-refractivity contribution in [2.75, 3.05) is 23.9 Å². The Morgan fingerprint density at radius 3 is 2.50 bits per heavy atom. The molecule has 2 heterocycles. The highest BCUT2D eigenvalue weighted by Gasteiger charge is 2.39. The van der Waals surface area contributed by atoms with Crippen LogP contribution >= 0.6 is 0 Å². The van der Waals surface area contributed by atoms with Crippen LogP contribution in [0.3, 0.4) is 0 Å². The van der Waals surface area contributed by atoms with Crippen molar-refractivity contribution in [3.8, 4) is 5.75 Å². The molecule has 1 saturated heterocycles. The Kier molecular flexibility index (Phi) is 5.02. The van der Waals surface area contributed by atoms with Gasteiger partial charge in [0, 0.05) is 13.1 Å². The van der Waals surface area contributed by atoms with Gasteiger partial charge in [-0.2, -0.15) is 0 Å². The quantitative estimate of drug-likeness (QED) is 0.795. The molecule has 2 atom stereocenters. The normalized spacial score (nSPS) is 22.3. The Morgan fingerprint density at radius 1 is 1.04 bits per heavy atom. The maximum atomic E-state index is 13.3. The monoisotopic (exact) mass is 400 g/mol. The molecule has 2 aromatic rings. The minimum atomic E-state index is -3.80. The third-order valence-corrected chi connectivity index (χ3v) is 7.10. The first-order valence-corrected chi connectivity index (χ1v) is 11.0. The van der Waals surface area contributed by atoms with E-state index >= 15 is 0 Å². The number of anilines is 1. The highest BCUT2D eigenvalue weighted by molar-refractivity contribution is 7.92. The Hall–Kier alpha value is -2.54. The molecule has 0 radical (unpaired) electrons. The minimum absolute atomic E-state index is 0.0298. The summed E-state index contributed by atoms with van der Waals surface area (Å²) >= 11 is 0. The number of hydrogen-bond acceptors (Lipinski definition) is 4. The summed E-state index contributed by atoms with van der Waals surface area (Å²) in [5.41, 5.74) is 0.461. The summed E-state index contributed by atoms with van der Waals surface area (Å²) in [6, 6.07) is 15.3. The Balaban J connectivity index is 1.68. The van der Waals surface area contributed by atoms with Gasteiger partial charge in [-0.25, -0.2) is 8.42 Å². The van der Waals surface area contributed by atoms with Gasteiger partial charge < -0.3 is 9.64 Å². The number of para-hydroxylation sites is 2. The van der Waals surface area contributed by atoms with Gasteiger partial charge in [-0.15, -0.1) is 0 Å². The van der Waals surface area contributed by atoms with Crippen molar-refractivity contribution in [3.63, 3.8) is 0 Å². The first-order chi connectivity index (χ1) is 13.5. The third-order valence-electron chi connectivity index (χ3n) is 5.31. The number of hydrogen-bond donors (Lipinski definition) is 0. The largest absolute Gasteiger partial charge is 0.476 e. The van der Waals surface area contributed by atoms with Crippen LogP contribution in [0.4, 0.5) is 5.69 Å². The summed E-state index contributed by atoms with van der Waals surface area (Å²) in [5.74, 6) is 0.712. The van der Waals surface area contributed by atoms with Crippen molar-refractivity contribution in [2.45, 2.75) is 30.8 Å². The first-order valence-electron chi connectivity index (χ1n) is 9.59. The summed E-state index contributed by atoms with van der Waals surface area (Å²) in [5, 5.41) is 0. The molecule has 28 heavy (non-hydrogen) atoms. The van der Waals surface area contributed by atoms with E-state index in [-0.39, 0.29) is 17.3 Å². The van der Waals surface area contributed by atoms with Gasteiger partial charge in [-0.1, -0.05) is 37.3 Å². The summed E-state index contributed by atoms with van der Waals surface area (Å²) in [6.45, 7) is 3.47. The molecule has 148 valence electrons. The number of rotatable bonds is 3. The van der Waals surface area contributed by atoms with E-state index < -0.39 is 16.1 Å². The maximum Gasteiger partial charge on any atom is 0.265 e. The molecule has 2 aliphatic rings. The summed E-state index contributed by atoms with van der Waals surface area (Å²) in [4.78, 5) is 15.1. The SMILES string of the molecule is C[C@@H]1CCCN(C(=O)[C@H]2CN(S(=O)(=O)c3ccccc3)c3ccccc3O2)C1. The van der Waals surface area contributed by atoms with Crippen LogP contribution in [-0.2, 0) is 14.8 Å². The topological polar surface area (TPSA) is 66.9 Å². The number of fused-ring (bicyclic) bond motifs is 1. The Bertz CT molecular complexity index is 961. The number of ether oxygens (including phenoxy) is 1. The summed E-state index contributed by atoms with van der Waals surface area (Å²) in [6.07, 6.45) is 1.22. The van der Waals surface area contributed by atoms with Crippen LogP contribution in [-0.4, -0.2) is 45.0 Å². The van der Waals surface area contributed by atoms with E-state index in [1.807, 2.05) is 0 Å². The molecular formula is C21H24N2O4S. The van der Waals surface area contributed by atoms with Gasteiger partial charge in [0.05, 0.1) is 17.1 Å². The molecule has 0 unspecified atom stereocenters. The molecule has 0 bridgehead atoms. The van der Waals surface area contributed by atoms with Crippen LogP contribution < -0.4 is 9.04 Å². The van der Waals surface area contributed by atoms with E-state index in [1.54, 1.807) is 59.5 Å². The second kappa shape index (κ2) is 7.47. The third kappa shape index (κ3) is 3.46. The molecule has 0 spiro atoms. The molecular weight excluding hydrogens is 376 g/mol. The number of amides is 1. The minimum Gasteiger partial charge on any atom is -0.476 e. The highest BCUT2D eigenvalue weighted by Crippen LogP contribution is 2.37. The number of likely N-dealkylation sites (tertiary alicyclic amines) is 1. The van der Waals surface area contributed by atoms with Gasteiger partial charge in [0.25, 0.3) is 15.9 Å². The van der Waals surface area contributed by atoms with E-state index in [1.165, 1.54) is 4.31 Å². The molecule has 0 saturated carbocycles. The van der Waals surface area contributed by atoms with Crippen molar-refractivity contribution in [3.05, 3.63) is 54.6 Å². The van der Waals surface area contributed by atoms with Crippen LogP contribution in [0.15, 0.2) is 59.5 Å². The molecule has 1 fully saturated rings. The predicted octanol–water partition coefficient (Wildman–Crippen LogP) is 2.90. The zero-order valence-corrected chi connectivity index (χ0v) is 16.6. The average molecular weight is 401 g/mol. The van der Waals surface area contributed by atoms with Gasteiger partial charge in [0.1, 0.15) is 5.75 Å². The standard InChI is InChI=1S/C21H24N2O4S/c1-16-8-7-13-22(14-16)21(24)20-15-23(18-11-5-6-12-19(18)27-20)28(25,26)17-9-3-2-4-10-17/h2-6,9-12,16,20H,7-8,13-15H2,1H3/t16-,20-/m1/s1. The van der Waals surface area contributed by atoms with E-state index in [4.69, 9.17) is 4.74 Å². The number of carbonyl (C=O) groups is 1. The van der Waals surface area contributed by atoms with Crippen molar-refractivity contribution >= 4 is 21.6 Å². The lowest BCUT2D eigenvalue weighted by molar-refractivity contribution is -0.140. The van der Waals surface area contributed by atoms with Gasteiger partial charge >= 0.3 is 0 Å². The van der Waals surface area contributed by atoms with Gasteiger partial charge in [0.2, 0.25) is 0 Å². The maximum absolute atomic E-state index is 13.3. The molecule has 4 rings (SSSR count). The predicted molar refractivity (Wildman–Crippen MR) is 107 cm³/mol. The number of piperidine rings is 1. The Morgan fingerprint density at radius 2 is 1.75 bits per heavy atom. The molecule has 1 amide bonds. The number of sulfonamides is 1. The lowest BCUT2D eigenvalue weighted by Crippen LogP contribution is -2.53. The van der Waals surface area contributed by atoms with Crippen LogP contribution in [0.1, 0.15) is 19.8 Å².